The molecule has 28 heavy (non-hydrogen) atoms. The van der Waals surface area contributed by atoms with Crippen molar-refractivity contribution in [3.63, 3.8) is 0 Å². The number of nitrogens with two attached hydrogens (primary N) is 1. The van der Waals surface area contributed by atoms with Crippen molar-refractivity contribution in [2.75, 3.05) is 32.1 Å². The van der Waals surface area contributed by atoms with Gasteiger partial charge >= 0.3 is 13.6 Å². The Bertz CT molecular complexity index is 850. The molecular weight excluding hydrogens is 389 g/mol. The van der Waals surface area contributed by atoms with Gasteiger partial charge in [-0.2, -0.15) is 0 Å². The number of esters is 1. The lowest BCUT2D eigenvalue weighted by Crippen LogP contribution is -2.24. The van der Waals surface area contributed by atoms with E-state index in [0.29, 0.717) is 23.5 Å². The maximum atomic E-state index is 12.6. The monoisotopic (exact) mass is 415 g/mol. The van der Waals surface area contributed by atoms with Crippen LogP contribution in [0.4, 0.5) is 5.82 Å². The van der Waals surface area contributed by atoms with Crippen molar-refractivity contribution < 1.29 is 27.9 Å². The Balaban J connectivity index is 1.84. The van der Waals surface area contributed by atoms with Gasteiger partial charge in [0.05, 0.1) is 25.0 Å². The second-order valence-electron chi connectivity index (χ2n) is 6.86. The summed E-state index contributed by atoms with van der Waals surface area (Å²) in [6, 6.07) is 0. The summed E-state index contributed by atoms with van der Waals surface area (Å²) in [6.45, 7) is 7.10. The molecule has 1 atom stereocenters. The van der Waals surface area contributed by atoms with Gasteiger partial charge in [0.1, 0.15) is 18.2 Å². The first kappa shape index (κ1) is 22.2. The van der Waals surface area contributed by atoms with Crippen molar-refractivity contribution in [2.45, 2.75) is 34.2 Å². The number of nitrogen functional groups attached to an aromatic ring is 1. The van der Waals surface area contributed by atoms with Gasteiger partial charge in [0.15, 0.2) is 11.5 Å². The predicted molar refractivity (Wildman–Crippen MR) is 101 cm³/mol. The zero-order valence-electron chi connectivity index (χ0n) is 16.5. The maximum absolute atomic E-state index is 12.6. The van der Waals surface area contributed by atoms with E-state index in [2.05, 4.69) is 15.0 Å². The summed E-state index contributed by atoms with van der Waals surface area (Å²) in [5, 5.41) is 0. The van der Waals surface area contributed by atoms with Crippen LogP contribution in [-0.2, 0) is 34.4 Å². The molecule has 0 unspecified atom stereocenters. The predicted octanol–water partition coefficient (Wildman–Crippen LogP) is 2.18. The fourth-order valence-corrected chi connectivity index (χ4v) is 3.27. The van der Waals surface area contributed by atoms with Crippen LogP contribution in [0, 0.1) is 5.41 Å². The van der Waals surface area contributed by atoms with Gasteiger partial charge in [-0.05, 0) is 27.7 Å². The number of ether oxygens (including phenoxy) is 2. The number of fused-ring (bicyclic) bond motifs is 1. The molecule has 0 saturated heterocycles. The minimum atomic E-state index is -3.56. The third-order valence-electron chi connectivity index (χ3n) is 3.53. The number of aromatic nitrogens is 4. The van der Waals surface area contributed by atoms with E-state index >= 15 is 0 Å². The minimum absolute atomic E-state index is 0.163. The molecule has 0 spiro atoms. The van der Waals surface area contributed by atoms with Gasteiger partial charge < -0.3 is 24.3 Å². The van der Waals surface area contributed by atoms with E-state index in [1.807, 2.05) is 0 Å². The SMILES string of the molecule is CCO[P@](=O)(COCCn1cnc2c(N)ncnc21)OCOC(=O)C(C)(C)C. The highest BCUT2D eigenvalue weighted by Gasteiger charge is 2.28. The first-order valence-electron chi connectivity index (χ1n) is 8.70. The van der Waals surface area contributed by atoms with E-state index in [1.165, 1.54) is 6.33 Å². The highest BCUT2D eigenvalue weighted by molar-refractivity contribution is 7.53. The molecule has 0 fully saturated rings. The van der Waals surface area contributed by atoms with Crippen molar-refractivity contribution in [1.29, 1.82) is 0 Å². The molecule has 11 nitrogen and oxygen atoms in total. The molecular formula is C16H26N5O6P. The van der Waals surface area contributed by atoms with E-state index in [-0.39, 0.29) is 19.6 Å². The van der Waals surface area contributed by atoms with Crippen LogP contribution in [0.2, 0.25) is 0 Å². The first-order chi connectivity index (χ1) is 13.2. The topological polar surface area (TPSA) is 141 Å². The Morgan fingerprint density at radius 2 is 2.00 bits per heavy atom. The standard InChI is InChI=1S/C16H26N5O6P/c1-5-26-28(23,27-10-25-15(22)16(2,3)4)11-24-7-6-21-9-20-12-13(17)18-8-19-14(12)21/h8-9H,5-7,10-11H2,1-4H3,(H2,17,18,19)/t28-/m1/s1. The van der Waals surface area contributed by atoms with Gasteiger partial charge in [0, 0.05) is 6.54 Å². The van der Waals surface area contributed by atoms with Gasteiger partial charge in [0.2, 0.25) is 6.79 Å². The van der Waals surface area contributed by atoms with Crippen LogP contribution >= 0.6 is 7.60 Å². The van der Waals surface area contributed by atoms with Crippen molar-refractivity contribution in [3.8, 4) is 0 Å². The third kappa shape index (κ3) is 5.96. The highest BCUT2D eigenvalue weighted by atomic mass is 31.2. The molecule has 2 rings (SSSR count). The van der Waals surface area contributed by atoms with Crippen molar-refractivity contribution in [2.24, 2.45) is 5.41 Å². The number of anilines is 1. The molecule has 0 saturated carbocycles. The van der Waals surface area contributed by atoms with Crippen molar-refractivity contribution >= 4 is 30.5 Å². The average molecular weight is 415 g/mol. The van der Waals surface area contributed by atoms with Crippen LogP contribution in [0.3, 0.4) is 0 Å². The molecule has 2 aromatic rings. The lowest BCUT2D eigenvalue weighted by Gasteiger charge is -2.20. The molecule has 0 aliphatic heterocycles. The van der Waals surface area contributed by atoms with Crippen LogP contribution in [0.25, 0.3) is 11.2 Å². The molecule has 2 N–H and O–H groups in total. The molecule has 0 aliphatic carbocycles. The van der Waals surface area contributed by atoms with Crippen LogP contribution in [0.1, 0.15) is 27.7 Å². The summed E-state index contributed by atoms with van der Waals surface area (Å²) in [5.74, 6) is -0.173. The Morgan fingerprint density at radius 1 is 1.25 bits per heavy atom. The van der Waals surface area contributed by atoms with Crippen LogP contribution < -0.4 is 5.73 Å². The van der Waals surface area contributed by atoms with E-state index < -0.39 is 25.8 Å². The quantitative estimate of drug-likeness (QED) is 0.266. The fraction of sp³-hybridized carbons (Fsp3) is 0.625. The van der Waals surface area contributed by atoms with Crippen molar-refractivity contribution in [1.82, 2.24) is 19.5 Å². The summed E-state index contributed by atoms with van der Waals surface area (Å²) in [5.41, 5.74) is 6.14. The van der Waals surface area contributed by atoms with Crippen LogP contribution in [0.5, 0.6) is 0 Å². The summed E-state index contributed by atoms with van der Waals surface area (Å²) in [4.78, 5) is 23.9. The second-order valence-corrected chi connectivity index (χ2v) is 8.86. The van der Waals surface area contributed by atoms with Gasteiger partial charge in [-0.1, -0.05) is 0 Å². The lowest BCUT2D eigenvalue weighted by molar-refractivity contribution is -0.160. The Labute approximate surface area is 163 Å². The summed E-state index contributed by atoms with van der Waals surface area (Å²) in [7, 11) is -3.56. The van der Waals surface area contributed by atoms with E-state index in [4.69, 9.17) is 24.3 Å². The average Bonchev–Trinajstić information content (AvgIpc) is 3.03. The molecule has 2 aromatic heterocycles. The molecule has 12 heteroatoms. The number of hydrogen-bond acceptors (Lipinski definition) is 10. The molecule has 156 valence electrons. The molecule has 0 amide bonds. The van der Waals surface area contributed by atoms with E-state index in [1.54, 1.807) is 38.6 Å². The summed E-state index contributed by atoms with van der Waals surface area (Å²) in [6.07, 6.45) is 2.65. The fourth-order valence-electron chi connectivity index (χ4n) is 2.09. The molecule has 0 aliphatic rings. The van der Waals surface area contributed by atoms with Crippen molar-refractivity contribution in [3.05, 3.63) is 12.7 Å². The van der Waals surface area contributed by atoms with Gasteiger partial charge in [-0.15, -0.1) is 0 Å². The normalized spacial score (nSPS) is 14.1. The molecule has 2 heterocycles. The molecule has 0 aromatic carbocycles. The Kier molecular flexibility index (Phi) is 7.48. The van der Waals surface area contributed by atoms with E-state index in [9.17, 15) is 9.36 Å². The largest absolute Gasteiger partial charge is 0.438 e. The number of rotatable bonds is 10. The summed E-state index contributed by atoms with van der Waals surface area (Å²) < 4.78 is 35.2. The molecule has 0 radical (unpaired) electrons. The minimum Gasteiger partial charge on any atom is -0.438 e. The first-order valence-corrected chi connectivity index (χ1v) is 10.4. The smallest absolute Gasteiger partial charge is 0.358 e. The van der Waals surface area contributed by atoms with Gasteiger partial charge in [-0.25, -0.2) is 15.0 Å². The number of imidazole rings is 1. The maximum Gasteiger partial charge on any atom is 0.358 e. The Hall–Kier alpha value is -2.07. The van der Waals surface area contributed by atoms with Gasteiger partial charge in [0.25, 0.3) is 0 Å². The third-order valence-corrected chi connectivity index (χ3v) is 5.18. The van der Waals surface area contributed by atoms with Gasteiger partial charge in [-0.3, -0.25) is 13.9 Å². The van der Waals surface area contributed by atoms with Crippen LogP contribution in [-0.4, -0.2) is 51.8 Å². The van der Waals surface area contributed by atoms with Crippen LogP contribution in [0.15, 0.2) is 12.7 Å². The molecule has 0 bridgehead atoms. The zero-order chi connectivity index (χ0) is 20.8. The summed E-state index contributed by atoms with van der Waals surface area (Å²) >= 11 is 0. The second kappa shape index (κ2) is 9.42. The number of hydrogen-bond donors (Lipinski definition) is 1. The Morgan fingerprint density at radius 3 is 2.68 bits per heavy atom. The van der Waals surface area contributed by atoms with E-state index in [0.717, 1.165) is 0 Å². The number of carbonyl (C=O) groups excluding carboxylic acids is 1. The number of carbonyl (C=O) groups is 1. The zero-order valence-corrected chi connectivity index (χ0v) is 17.3. The number of nitrogens with zero attached hydrogens (tertiary/aromatic N) is 4. The lowest BCUT2D eigenvalue weighted by atomic mass is 9.98. The highest BCUT2D eigenvalue weighted by Crippen LogP contribution is 2.48.